The Morgan fingerprint density at radius 3 is 2.20 bits per heavy atom. The predicted molar refractivity (Wildman–Crippen MR) is 79.5 cm³/mol. The van der Waals surface area contributed by atoms with Crippen LogP contribution in [-0.2, 0) is 6.42 Å². The minimum absolute atomic E-state index is 0.0325. The van der Waals surface area contributed by atoms with Crippen LogP contribution in [-0.4, -0.2) is 24.2 Å². The number of hydrogen-bond acceptors (Lipinski definition) is 2. The first-order valence-electron chi connectivity index (χ1n) is 6.77. The summed E-state index contributed by atoms with van der Waals surface area (Å²) >= 11 is 0. The lowest BCUT2D eigenvalue weighted by Gasteiger charge is -2.15. The number of nitrogens with one attached hydrogen (secondary N) is 1. The van der Waals surface area contributed by atoms with E-state index in [1.165, 1.54) is 5.56 Å². The summed E-state index contributed by atoms with van der Waals surface area (Å²) in [6.07, 6.45) is 0.756. The number of amides is 1. The minimum atomic E-state index is -0.0999. The molecule has 0 aliphatic carbocycles. The van der Waals surface area contributed by atoms with Gasteiger partial charge in [0.25, 0.3) is 5.91 Å². The molecule has 0 aromatic heterocycles. The molecule has 3 nitrogen and oxygen atoms in total. The Balaban J connectivity index is 1.86. The van der Waals surface area contributed by atoms with Crippen molar-refractivity contribution in [2.24, 2.45) is 5.92 Å². The molecule has 0 aliphatic heterocycles. The SMILES string of the molecule is O=C(NCC(CO)Cc1ccccc1)c1ccccc1. The molecule has 2 rings (SSSR count). The van der Waals surface area contributed by atoms with Crippen molar-refractivity contribution in [1.29, 1.82) is 0 Å². The van der Waals surface area contributed by atoms with Crippen molar-refractivity contribution < 1.29 is 9.90 Å². The number of benzene rings is 2. The van der Waals surface area contributed by atoms with Crippen LogP contribution in [0.25, 0.3) is 0 Å². The van der Waals surface area contributed by atoms with Gasteiger partial charge in [-0.1, -0.05) is 48.5 Å². The second-order valence-corrected chi connectivity index (χ2v) is 4.81. The standard InChI is InChI=1S/C17H19NO2/c19-13-15(11-14-7-3-1-4-8-14)12-18-17(20)16-9-5-2-6-10-16/h1-10,15,19H,11-13H2,(H,18,20). The van der Waals surface area contributed by atoms with E-state index in [-0.39, 0.29) is 18.4 Å². The molecule has 2 aromatic carbocycles. The highest BCUT2D eigenvalue weighted by Crippen LogP contribution is 2.08. The molecule has 0 bridgehead atoms. The minimum Gasteiger partial charge on any atom is -0.396 e. The number of aliphatic hydroxyl groups is 1. The van der Waals surface area contributed by atoms with Crippen LogP contribution in [0.2, 0.25) is 0 Å². The highest BCUT2D eigenvalue weighted by Gasteiger charge is 2.11. The highest BCUT2D eigenvalue weighted by atomic mass is 16.3. The van der Waals surface area contributed by atoms with Gasteiger partial charge < -0.3 is 10.4 Å². The monoisotopic (exact) mass is 269 g/mol. The molecule has 2 N–H and O–H groups in total. The third-order valence-electron chi connectivity index (χ3n) is 3.21. The first kappa shape index (κ1) is 14.3. The van der Waals surface area contributed by atoms with Crippen LogP contribution in [0, 0.1) is 5.92 Å². The van der Waals surface area contributed by atoms with Crippen molar-refractivity contribution in [3.63, 3.8) is 0 Å². The van der Waals surface area contributed by atoms with Gasteiger partial charge in [0.05, 0.1) is 0 Å². The summed E-state index contributed by atoms with van der Waals surface area (Å²) in [5, 5.41) is 12.3. The molecular weight excluding hydrogens is 250 g/mol. The summed E-state index contributed by atoms with van der Waals surface area (Å²) in [7, 11) is 0. The lowest BCUT2D eigenvalue weighted by molar-refractivity contribution is 0.0940. The van der Waals surface area contributed by atoms with Crippen LogP contribution in [0.3, 0.4) is 0 Å². The number of carbonyl (C=O) groups excluding carboxylic acids is 1. The van der Waals surface area contributed by atoms with Crippen molar-refractivity contribution in [1.82, 2.24) is 5.32 Å². The predicted octanol–water partition coefficient (Wildman–Crippen LogP) is 2.27. The fourth-order valence-corrected chi connectivity index (χ4v) is 2.08. The van der Waals surface area contributed by atoms with Gasteiger partial charge in [-0.15, -0.1) is 0 Å². The topological polar surface area (TPSA) is 49.3 Å². The second kappa shape index (κ2) is 7.46. The maximum Gasteiger partial charge on any atom is 0.251 e. The van der Waals surface area contributed by atoms with Gasteiger partial charge >= 0.3 is 0 Å². The van der Waals surface area contributed by atoms with Crippen LogP contribution in [0.15, 0.2) is 60.7 Å². The Kier molecular flexibility index (Phi) is 5.33. The third kappa shape index (κ3) is 4.21. The van der Waals surface area contributed by atoms with E-state index in [4.69, 9.17) is 0 Å². The zero-order valence-corrected chi connectivity index (χ0v) is 11.3. The molecule has 0 fully saturated rings. The summed E-state index contributed by atoms with van der Waals surface area (Å²) in [5.74, 6) is -0.0674. The maximum absolute atomic E-state index is 11.9. The Morgan fingerprint density at radius 2 is 1.60 bits per heavy atom. The molecular formula is C17H19NO2. The van der Waals surface area contributed by atoms with Gasteiger partial charge in [0, 0.05) is 24.6 Å². The Bertz CT molecular complexity index is 525. The third-order valence-corrected chi connectivity index (χ3v) is 3.21. The van der Waals surface area contributed by atoms with Gasteiger partial charge in [-0.3, -0.25) is 4.79 Å². The van der Waals surface area contributed by atoms with E-state index in [1.807, 2.05) is 48.5 Å². The van der Waals surface area contributed by atoms with Gasteiger partial charge in [-0.2, -0.15) is 0 Å². The largest absolute Gasteiger partial charge is 0.396 e. The molecule has 1 unspecified atom stereocenters. The molecule has 0 saturated carbocycles. The Labute approximate surface area is 119 Å². The average Bonchev–Trinajstić information content (AvgIpc) is 2.53. The van der Waals surface area contributed by atoms with Crippen molar-refractivity contribution in [2.75, 3.05) is 13.2 Å². The van der Waals surface area contributed by atoms with Crippen LogP contribution < -0.4 is 5.32 Å². The van der Waals surface area contributed by atoms with E-state index in [9.17, 15) is 9.90 Å². The first-order valence-corrected chi connectivity index (χ1v) is 6.77. The number of carbonyl (C=O) groups is 1. The van der Waals surface area contributed by atoms with E-state index in [2.05, 4.69) is 5.32 Å². The van der Waals surface area contributed by atoms with Crippen LogP contribution in [0.5, 0.6) is 0 Å². The summed E-state index contributed by atoms with van der Waals surface area (Å²) in [5.41, 5.74) is 1.81. The summed E-state index contributed by atoms with van der Waals surface area (Å²) in [4.78, 5) is 11.9. The van der Waals surface area contributed by atoms with Crippen molar-refractivity contribution in [3.8, 4) is 0 Å². The van der Waals surface area contributed by atoms with Crippen molar-refractivity contribution >= 4 is 5.91 Å². The molecule has 0 saturated heterocycles. The molecule has 1 amide bonds. The fraction of sp³-hybridized carbons (Fsp3) is 0.235. The Hall–Kier alpha value is -2.13. The molecule has 0 aliphatic rings. The molecule has 20 heavy (non-hydrogen) atoms. The highest BCUT2D eigenvalue weighted by molar-refractivity contribution is 5.94. The van der Waals surface area contributed by atoms with Crippen LogP contribution in [0.4, 0.5) is 0 Å². The van der Waals surface area contributed by atoms with Crippen LogP contribution >= 0.6 is 0 Å². The average molecular weight is 269 g/mol. The van der Waals surface area contributed by atoms with Gasteiger partial charge in [-0.25, -0.2) is 0 Å². The van der Waals surface area contributed by atoms with E-state index >= 15 is 0 Å². The van der Waals surface area contributed by atoms with E-state index in [1.54, 1.807) is 12.1 Å². The molecule has 3 heteroatoms. The zero-order chi connectivity index (χ0) is 14.2. The van der Waals surface area contributed by atoms with Gasteiger partial charge in [0.15, 0.2) is 0 Å². The molecule has 1 atom stereocenters. The fourth-order valence-electron chi connectivity index (χ4n) is 2.08. The van der Waals surface area contributed by atoms with Gasteiger partial charge in [0.1, 0.15) is 0 Å². The van der Waals surface area contributed by atoms with E-state index in [0.717, 1.165) is 6.42 Å². The van der Waals surface area contributed by atoms with Crippen LogP contribution in [0.1, 0.15) is 15.9 Å². The van der Waals surface area contributed by atoms with E-state index < -0.39 is 0 Å². The van der Waals surface area contributed by atoms with Gasteiger partial charge in [-0.05, 0) is 24.1 Å². The second-order valence-electron chi connectivity index (χ2n) is 4.81. The molecule has 0 radical (unpaired) electrons. The number of hydrogen-bond donors (Lipinski definition) is 2. The van der Waals surface area contributed by atoms with E-state index in [0.29, 0.717) is 12.1 Å². The molecule has 0 heterocycles. The smallest absolute Gasteiger partial charge is 0.251 e. The van der Waals surface area contributed by atoms with Gasteiger partial charge in [0.2, 0.25) is 0 Å². The summed E-state index contributed by atoms with van der Waals surface area (Å²) < 4.78 is 0. The lowest BCUT2D eigenvalue weighted by atomic mass is 10.00. The van der Waals surface area contributed by atoms with Crippen molar-refractivity contribution in [3.05, 3.63) is 71.8 Å². The number of rotatable bonds is 6. The normalized spacial score (nSPS) is 11.8. The number of aliphatic hydroxyl groups excluding tert-OH is 1. The first-order chi connectivity index (χ1) is 9.79. The summed E-state index contributed by atoms with van der Waals surface area (Å²) in [6.45, 7) is 0.531. The lowest BCUT2D eigenvalue weighted by Crippen LogP contribution is -2.31. The van der Waals surface area contributed by atoms with Crippen molar-refractivity contribution in [2.45, 2.75) is 6.42 Å². The molecule has 0 spiro atoms. The Morgan fingerprint density at radius 1 is 1.00 bits per heavy atom. The molecule has 2 aromatic rings. The zero-order valence-electron chi connectivity index (χ0n) is 11.3. The maximum atomic E-state index is 11.9. The quantitative estimate of drug-likeness (QED) is 0.845. The summed E-state index contributed by atoms with van der Waals surface area (Å²) in [6, 6.07) is 19.1. The molecule has 104 valence electrons.